The number of aromatic nitrogens is 2. The summed E-state index contributed by atoms with van der Waals surface area (Å²) in [6, 6.07) is 0. The van der Waals surface area contributed by atoms with Crippen LogP contribution < -0.4 is 0 Å². The quantitative estimate of drug-likeness (QED) is 0.523. The molecule has 0 bridgehead atoms. The lowest BCUT2D eigenvalue weighted by molar-refractivity contribution is -0.0964. The first kappa shape index (κ1) is 23.3. The predicted molar refractivity (Wildman–Crippen MR) is 110 cm³/mol. The van der Waals surface area contributed by atoms with Gasteiger partial charge < -0.3 is 14.0 Å². The van der Waals surface area contributed by atoms with Crippen LogP contribution in [0.2, 0.25) is 0 Å². The van der Waals surface area contributed by atoms with Crippen molar-refractivity contribution in [1.29, 1.82) is 0 Å². The molecule has 8 heteroatoms. The minimum Gasteiger partial charge on any atom is -0.376 e. The van der Waals surface area contributed by atoms with Crippen molar-refractivity contribution < 1.29 is 17.9 Å². The first-order chi connectivity index (χ1) is 13.3. The second-order valence-electron chi connectivity index (χ2n) is 8.16. The van der Waals surface area contributed by atoms with E-state index in [0.717, 1.165) is 31.5 Å². The van der Waals surface area contributed by atoms with Crippen molar-refractivity contribution >= 4 is 9.84 Å². The average molecular weight is 416 g/mol. The minimum absolute atomic E-state index is 0.0602. The Morgan fingerprint density at radius 2 is 2.11 bits per heavy atom. The zero-order chi connectivity index (χ0) is 20.6. The van der Waals surface area contributed by atoms with Crippen molar-refractivity contribution in [2.75, 3.05) is 39.2 Å². The molecule has 1 aromatic rings. The van der Waals surface area contributed by atoms with Crippen LogP contribution in [0.15, 0.2) is 11.4 Å². The molecule has 0 N–H and O–H groups in total. The van der Waals surface area contributed by atoms with Crippen molar-refractivity contribution in [3.05, 3.63) is 11.9 Å². The van der Waals surface area contributed by atoms with E-state index in [4.69, 9.17) is 9.47 Å². The zero-order valence-corrected chi connectivity index (χ0v) is 18.7. The number of hydrogen-bond acceptors (Lipinski definition) is 6. The molecule has 1 aliphatic heterocycles. The molecule has 0 aromatic carbocycles. The van der Waals surface area contributed by atoms with Gasteiger partial charge in [-0.2, -0.15) is 0 Å². The summed E-state index contributed by atoms with van der Waals surface area (Å²) >= 11 is 0. The Kier molecular flexibility index (Phi) is 9.40. The number of imidazole rings is 1. The van der Waals surface area contributed by atoms with E-state index in [1.807, 2.05) is 11.6 Å². The molecule has 0 unspecified atom stereocenters. The van der Waals surface area contributed by atoms with Crippen LogP contribution in [0.4, 0.5) is 0 Å². The lowest BCUT2D eigenvalue weighted by atomic mass is 10.1. The minimum atomic E-state index is -3.37. The molecule has 2 heterocycles. The third-order valence-electron chi connectivity index (χ3n) is 4.94. The molecule has 1 fully saturated rings. The first-order valence-electron chi connectivity index (χ1n) is 10.5. The number of nitrogens with zero attached hydrogens (tertiary/aromatic N) is 3. The smallest absolute Gasteiger partial charge is 0.227 e. The van der Waals surface area contributed by atoms with Crippen LogP contribution in [0, 0.1) is 5.92 Å². The molecule has 0 amide bonds. The highest BCUT2D eigenvalue weighted by atomic mass is 32.2. The van der Waals surface area contributed by atoms with Crippen LogP contribution in [0.25, 0.3) is 0 Å². The lowest BCUT2D eigenvalue weighted by Gasteiger charge is -2.27. The Morgan fingerprint density at radius 1 is 1.32 bits per heavy atom. The molecule has 28 heavy (non-hydrogen) atoms. The van der Waals surface area contributed by atoms with Crippen LogP contribution in [0.5, 0.6) is 0 Å². The average Bonchev–Trinajstić information content (AvgIpc) is 3.03. The van der Waals surface area contributed by atoms with Gasteiger partial charge in [-0.05, 0) is 32.2 Å². The first-order valence-corrected chi connectivity index (χ1v) is 12.1. The Labute approximate surface area is 170 Å². The summed E-state index contributed by atoms with van der Waals surface area (Å²) in [6.45, 7) is 10.3. The second kappa shape index (κ2) is 11.3. The monoisotopic (exact) mass is 415 g/mol. The van der Waals surface area contributed by atoms with Crippen LogP contribution in [-0.4, -0.2) is 68.1 Å². The fourth-order valence-corrected chi connectivity index (χ4v) is 4.91. The molecular weight excluding hydrogens is 378 g/mol. The van der Waals surface area contributed by atoms with Crippen molar-refractivity contribution in [2.45, 2.75) is 70.8 Å². The standard InChI is InChI=1S/C20H37N3O4S/c1-5-6-9-23-18(14-22(4)15-19-16-26-10-11-27-19)13-21-20(23)28(24,25)12-7-8-17(2)3/h13,17,19H,5-12,14-16H2,1-4H3/t19-/m1/s1. The van der Waals surface area contributed by atoms with Gasteiger partial charge in [-0.15, -0.1) is 0 Å². The van der Waals surface area contributed by atoms with E-state index >= 15 is 0 Å². The summed E-state index contributed by atoms with van der Waals surface area (Å²) in [5, 5.41) is 0.227. The zero-order valence-electron chi connectivity index (χ0n) is 17.9. The highest BCUT2D eigenvalue weighted by molar-refractivity contribution is 7.91. The summed E-state index contributed by atoms with van der Waals surface area (Å²) in [7, 11) is -1.35. The van der Waals surface area contributed by atoms with Crippen LogP contribution in [0.1, 0.15) is 52.1 Å². The fourth-order valence-electron chi connectivity index (χ4n) is 3.43. The Hall–Kier alpha value is -0.960. The van der Waals surface area contributed by atoms with E-state index in [1.165, 1.54) is 0 Å². The number of sulfone groups is 1. The van der Waals surface area contributed by atoms with Crippen LogP contribution in [0.3, 0.4) is 0 Å². The SMILES string of the molecule is CCCCn1c(CN(C)C[C@@H]2COCCO2)cnc1S(=O)(=O)CCCC(C)C. The molecule has 1 aromatic heterocycles. The number of rotatable bonds is 12. The predicted octanol–water partition coefficient (Wildman–Crippen LogP) is 2.74. The molecule has 0 saturated carbocycles. The van der Waals surface area contributed by atoms with E-state index in [9.17, 15) is 8.42 Å². The summed E-state index contributed by atoms with van der Waals surface area (Å²) in [4.78, 5) is 6.48. The number of ether oxygens (including phenoxy) is 2. The van der Waals surface area contributed by atoms with Gasteiger partial charge in [-0.25, -0.2) is 13.4 Å². The molecule has 2 rings (SSSR count). The summed E-state index contributed by atoms with van der Waals surface area (Å²) in [6.07, 6.45) is 5.31. The maximum Gasteiger partial charge on any atom is 0.227 e. The molecule has 1 saturated heterocycles. The van der Waals surface area contributed by atoms with Gasteiger partial charge in [-0.1, -0.05) is 27.2 Å². The lowest BCUT2D eigenvalue weighted by Crippen LogP contribution is -2.38. The number of unbranched alkanes of at least 4 members (excludes halogenated alkanes) is 1. The van der Waals surface area contributed by atoms with Crippen molar-refractivity contribution in [1.82, 2.24) is 14.5 Å². The van der Waals surface area contributed by atoms with E-state index in [2.05, 4.69) is 30.7 Å². The van der Waals surface area contributed by atoms with Gasteiger partial charge in [0.25, 0.3) is 0 Å². The van der Waals surface area contributed by atoms with Gasteiger partial charge in [0.2, 0.25) is 15.0 Å². The van der Waals surface area contributed by atoms with Gasteiger partial charge >= 0.3 is 0 Å². The molecule has 0 aliphatic carbocycles. The summed E-state index contributed by atoms with van der Waals surface area (Å²) in [5.41, 5.74) is 0.940. The van der Waals surface area contributed by atoms with Crippen molar-refractivity contribution in [2.24, 2.45) is 5.92 Å². The van der Waals surface area contributed by atoms with Gasteiger partial charge in [-0.3, -0.25) is 4.90 Å². The normalized spacial score (nSPS) is 18.3. The summed E-state index contributed by atoms with van der Waals surface area (Å²) in [5.74, 6) is 0.668. The van der Waals surface area contributed by atoms with E-state index in [0.29, 0.717) is 45.2 Å². The molecule has 7 nitrogen and oxygen atoms in total. The third-order valence-corrected chi connectivity index (χ3v) is 6.65. The Bertz CT molecular complexity index is 682. The van der Waals surface area contributed by atoms with Crippen molar-refractivity contribution in [3.8, 4) is 0 Å². The van der Waals surface area contributed by atoms with E-state index < -0.39 is 9.84 Å². The number of hydrogen-bond donors (Lipinski definition) is 0. The summed E-state index contributed by atoms with van der Waals surface area (Å²) < 4.78 is 38.9. The molecule has 1 atom stereocenters. The maximum absolute atomic E-state index is 12.9. The van der Waals surface area contributed by atoms with Crippen molar-refractivity contribution in [3.63, 3.8) is 0 Å². The highest BCUT2D eigenvalue weighted by Crippen LogP contribution is 2.18. The molecule has 0 radical (unpaired) electrons. The Balaban J connectivity index is 2.08. The number of likely N-dealkylation sites (N-methyl/N-ethyl adjacent to an activating group) is 1. The topological polar surface area (TPSA) is 73.7 Å². The van der Waals surface area contributed by atoms with Gasteiger partial charge in [0.15, 0.2) is 0 Å². The molecule has 1 aliphatic rings. The van der Waals surface area contributed by atoms with E-state index in [-0.39, 0.29) is 17.0 Å². The molecular formula is C20H37N3O4S. The third kappa shape index (κ3) is 7.13. The molecule has 0 spiro atoms. The van der Waals surface area contributed by atoms with Crippen LogP contribution in [-0.2, 0) is 32.4 Å². The molecule has 162 valence electrons. The highest BCUT2D eigenvalue weighted by Gasteiger charge is 2.24. The van der Waals surface area contributed by atoms with Gasteiger partial charge in [0.1, 0.15) is 0 Å². The second-order valence-corrected chi connectivity index (χ2v) is 10.2. The van der Waals surface area contributed by atoms with E-state index in [1.54, 1.807) is 6.20 Å². The maximum atomic E-state index is 12.9. The van der Waals surface area contributed by atoms with Crippen LogP contribution >= 0.6 is 0 Å². The van der Waals surface area contributed by atoms with Gasteiger partial charge in [0.05, 0.1) is 43.6 Å². The fraction of sp³-hybridized carbons (Fsp3) is 0.850. The van der Waals surface area contributed by atoms with Gasteiger partial charge in [0, 0.05) is 19.6 Å². The Morgan fingerprint density at radius 3 is 2.75 bits per heavy atom. The largest absolute Gasteiger partial charge is 0.376 e.